The summed E-state index contributed by atoms with van der Waals surface area (Å²) in [6, 6.07) is 15.5. The zero-order chi connectivity index (χ0) is 14.7. The van der Waals surface area contributed by atoms with Crippen LogP contribution in [0.5, 0.6) is 0 Å². The van der Waals surface area contributed by atoms with Crippen molar-refractivity contribution in [3.8, 4) is 0 Å². The Morgan fingerprint density at radius 3 is 2.52 bits per heavy atom. The molecule has 0 radical (unpaired) electrons. The Balaban J connectivity index is 1.58. The summed E-state index contributed by atoms with van der Waals surface area (Å²) >= 11 is 0. The molecule has 0 amide bonds. The van der Waals surface area contributed by atoms with Gasteiger partial charge in [-0.3, -0.25) is 4.90 Å². The Kier molecular flexibility index (Phi) is 4.42. The predicted octanol–water partition coefficient (Wildman–Crippen LogP) is 3.21. The molecule has 1 aliphatic rings. The molecule has 2 aromatic rings. The second-order valence-corrected chi connectivity index (χ2v) is 6.18. The monoisotopic (exact) mass is 283 g/mol. The minimum absolute atomic E-state index is 0.164. The number of hydrogen-bond donors (Lipinski definition) is 1. The molecular weight excluding hydrogens is 258 g/mol. The third-order valence-corrected chi connectivity index (χ3v) is 4.66. The van der Waals surface area contributed by atoms with E-state index in [1.54, 1.807) is 0 Å². The number of hydrogen-bond acceptors (Lipinski definition) is 2. The summed E-state index contributed by atoms with van der Waals surface area (Å²) < 4.78 is 2.30. The quantitative estimate of drug-likeness (QED) is 0.935. The molecule has 3 atom stereocenters. The highest BCUT2D eigenvalue weighted by Gasteiger charge is 2.27. The predicted molar refractivity (Wildman–Crippen MR) is 87.1 cm³/mol. The van der Waals surface area contributed by atoms with Crippen molar-refractivity contribution in [1.29, 1.82) is 0 Å². The van der Waals surface area contributed by atoms with Crippen molar-refractivity contribution in [2.75, 3.05) is 13.1 Å². The molecule has 0 aliphatic carbocycles. The van der Waals surface area contributed by atoms with Gasteiger partial charge in [0, 0.05) is 31.5 Å². The van der Waals surface area contributed by atoms with Crippen LogP contribution in [-0.4, -0.2) is 28.7 Å². The van der Waals surface area contributed by atoms with Gasteiger partial charge in [0.25, 0.3) is 0 Å². The fraction of sp³-hybridized carbons (Fsp3) is 0.444. The lowest BCUT2D eigenvalue weighted by atomic mass is 9.97. The molecule has 0 spiro atoms. The highest BCUT2D eigenvalue weighted by molar-refractivity contribution is 5.19. The first kappa shape index (κ1) is 14.4. The van der Waals surface area contributed by atoms with Crippen molar-refractivity contribution in [1.82, 2.24) is 9.47 Å². The number of nitrogens with zero attached hydrogens (tertiary/aromatic N) is 2. The van der Waals surface area contributed by atoms with Crippen LogP contribution < -0.4 is 5.73 Å². The van der Waals surface area contributed by atoms with Crippen LogP contribution >= 0.6 is 0 Å². The summed E-state index contributed by atoms with van der Waals surface area (Å²) in [6.45, 7) is 4.42. The Morgan fingerprint density at radius 2 is 1.86 bits per heavy atom. The maximum atomic E-state index is 6.41. The van der Waals surface area contributed by atoms with Gasteiger partial charge in [0.2, 0.25) is 0 Å². The van der Waals surface area contributed by atoms with Crippen LogP contribution in [0.2, 0.25) is 0 Å². The fourth-order valence-corrected chi connectivity index (χ4v) is 3.35. The van der Waals surface area contributed by atoms with Crippen molar-refractivity contribution < 1.29 is 0 Å². The summed E-state index contributed by atoms with van der Waals surface area (Å²) in [5, 5.41) is 0. The van der Waals surface area contributed by atoms with E-state index in [1.165, 1.54) is 12.0 Å². The van der Waals surface area contributed by atoms with Crippen LogP contribution in [-0.2, 0) is 0 Å². The molecule has 3 unspecified atom stereocenters. The van der Waals surface area contributed by atoms with E-state index in [-0.39, 0.29) is 6.17 Å². The van der Waals surface area contributed by atoms with Gasteiger partial charge in [-0.05, 0) is 36.5 Å². The molecule has 1 aromatic carbocycles. The lowest BCUT2D eigenvalue weighted by Crippen LogP contribution is -2.49. The van der Waals surface area contributed by atoms with E-state index in [2.05, 4.69) is 71.2 Å². The van der Waals surface area contributed by atoms with Gasteiger partial charge in [-0.25, -0.2) is 0 Å². The topological polar surface area (TPSA) is 34.2 Å². The van der Waals surface area contributed by atoms with Crippen LogP contribution in [0, 0.1) is 0 Å². The van der Waals surface area contributed by atoms with Crippen LogP contribution in [0.25, 0.3) is 0 Å². The standard InChI is InChI=1S/C18H25N3/c1-15(16-7-3-2-4-8-16)14-21-12-9-17(13-18(21)19)20-10-5-6-11-20/h2-8,10-11,15,17-18H,9,12-14,19H2,1H3. The van der Waals surface area contributed by atoms with Gasteiger partial charge in [-0.2, -0.15) is 0 Å². The normalized spacial score (nSPS) is 24.9. The van der Waals surface area contributed by atoms with Gasteiger partial charge in [-0.15, -0.1) is 0 Å². The van der Waals surface area contributed by atoms with Crippen molar-refractivity contribution >= 4 is 0 Å². The molecule has 1 fully saturated rings. The minimum Gasteiger partial charge on any atom is -0.351 e. The summed E-state index contributed by atoms with van der Waals surface area (Å²) in [5.41, 5.74) is 7.81. The molecule has 1 aliphatic heterocycles. The fourth-order valence-electron chi connectivity index (χ4n) is 3.35. The van der Waals surface area contributed by atoms with E-state index in [0.717, 1.165) is 19.5 Å². The smallest absolute Gasteiger partial charge is 0.0591 e. The SMILES string of the molecule is CC(CN1CCC(n2cccc2)CC1N)c1ccccc1. The van der Waals surface area contributed by atoms with Crippen LogP contribution in [0.15, 0.2) is 54.9 Å². The average molecular weight is 283 g/mol. The van der Waals surface area contributed by atoms with Gasteiger partial charge in [0.15, 0.2) is 0 Å². The lowest BCUT2D eigenvalue weighted by molar-refractivity contribution is 0.113. The summed E-state index contributed by atoms with van der Waals surface area (Å²) in [5.74, 6) is 0.528. The summed E-state index contributed by atoms with van der Waals surface area (Å²) in [6.07, 6.45) is 6.69. The van der Waals surface area contributed by atoms with Crippen LogP contribution in [0.4, 0.5) is 0 Å². The Hall–Kier alpha value is -1.58. The summed E-state index contributed by atoms with van der Waals surface area (Å²) in [4.78, 5) is 2.44. The van der Waals surface area contributed by atoms with Gasteiger partial charge < -0.3 is 10.3 Å². The molecule has 3 nitrogen and oxygen atoms in total. The van der Waals surface area contributed by atoms with Gasteiger partial charge in [0.05, 0.1) is 6.17 Å². The molecule has 0 bridgehead atoms. The highest BCUT2D eigenvalue weighted by Crippen LogP contribution is 2.27. The Bertz CT molecular complexity index is 535. The number of nitrogens with two attached hydrogens (primary N) is 1. The first-order chi connectivity index (χ1) is 10.2. The first-order valence-corrected chi connectivity index (χ1v) is 7.91. The van der Waals surface area contributed by atoms with Crippen molar-refractivity contribution in [3.05, 3.63) is 60.4 Å². The number of piperidine rings is 1. The van der Waals surface area contributed by atoms with Gasteiger partial charge >= 0.3 is 0 Å². The molecule has 1 aromatic heterocycles. The largest absolute Gasteiger partial charge is 0.351 e. The number of likely N-dealkylation sites (tertiary alicyclic amines) is 1. The lowest BCUT2D eigenvalue weighted by Gasteiger charge is -2.39. The average Bonchev–Trinajstić information content (AvgIpc) is 3.04. The molecule has 2 N–H and O–H groups in total. The second kappa shape index (κ2) is 6.46. The highest BCUT2D eigenvalue weighted by atomic mass is 15.2. The van der Waals surface area contributed by atoms with E-state index in [0.29, 0.717) is 12.0 Å². The maximum Gasteiger partial charge on any atom is 0.0591 e. The van der Waals surface area contributed by atoms with Gasteiger partial charge in [0.1, 0.15) is 0 Å². The minimum atomic E-state index is 0.164. The van der Waals surface area contributed by atoms with E-state index in [4.69, 9.17) is 5.73 Å². The molecule has 0 saturated carbocycles. The summed E-state index contributed by atoms with van der Waals surface area (Å²) in [7, 11) is 0. The Labute approximate surface area is 127 Å². The molecule has 2 heterocycles. The first-order valence-electron chi connectivity index (χ1n) is 7.91. The number of rotatable bonds is 4. The number of benzene rings is 1. The van der Waals surface area contributed by atoms with Crippen LogP contribution in [0.1, 0.15) is 37.3 Å². The zero-order valence-electron chi connectivity index (χ0n) is 12.7. The van der Waals surface area contributed by atoms with E-state index in [1.807, 2.05) is 0 Å². The Morgan fingerprint density at radius 1 is 1.14 bits per heavy atom. The second-order valence-electron chi connectivity index (χ2n) is 6.18. The van der Waals surface area contributed by atoms with Crippen molar-refractivity contribution in [2.24, 2.45) is 5.73 Å². The molecule has 3 rings (SSSR count). The molecule has 1 saturated heterocycles. The van der Waals surface area contributed by atoms with Crippen LogP contribution in [0.3, 0.4) is 0 Å². The van der Waals surface area contributed by atoms with E-state index < -0.39 is 0 Å². The van der Waals surface area contributed by atoms with Crippen molar-refractivity contribution in [3.63, 3.8) is 0 Å². The third-order valence-electron chi connectivity index (χ3n) is 4.66. The maximum absolute atomic E-state index is 6.41. The number of aromatic nitrogens is 1. The third kappa shape index (κ3) is 3.36. The van der Waals surface area contributed by atoms with Gasteiger partial charge in [-0.1, -0.05) is 37.3 Å². The molecular formula is C18H25N3. The zero-order valence-corrected chi connectivity index (χ0v) is 12.7. The van der Waals surface area contributed by atoms with Crippen molar-refractivity contribution in [2.45, 2.75) is 37.9 Å². The van der Waals surface area contributed by atoms with E-state index >= 15 is 0 Å². The van der Waals surface area contributed by atoms with E-state index in [9.17, 15) is 0 Å². The molecule has 112 valence electrons. The molecule has 21 heavy (non-hydrogen) atoms. The molecule has 3 heteroatoms.